The van der Waals surface area contributed by atoms with Crippen LogP contribution in [0.25, 0.3) is 0 Å². The highest BCUT2D eigenvalue weighted by atomic mass is 79.9. The number of nitro groups is 1. The second-order valence-electron chi connectivity index (χ2n) is 5.14. The summed E-state index contributed by atoms with van der Waals surface area (Å²) in [6.45, 7) is 5.76. The molecule has 1 N–H and O–H groups in total. The molecule has 0 aromatic heterocycles. The molecule has 110 valence electrons. The highest BCUT2D eigenvalue weighted by Crippen LogP contribution is 2.32. The summed E-state index contributed by atoms with van der Waals surface area (Å²) >= 11 is 3.41. The molecule has 0 amide bonds. The Kier molecular flexibility index (Phi) is 5.37. The number of rotatable bonds is 5. The molecule has 1 aromatic carbocycles. The largest absolute Gasteiger partial charge is 0.366 e. The maximum atomic E-state index is 11.2. The van der Waals surface area contributed by atoms with Gasteiger partial charge in [0, 0.05) is 23.6 Å². The molecule has 1 heterocycles. The zero-order valence-electron chi connectivity index (χ0n) is 11.6. The predicted octanol–water partition coefficient (Wildman–Crippen LogP) is 3.18. The molecule has 20 heavy (non-hydrogen) atoms. The van der Waals surface area contributed by atoms with Crippen LogP contribution in [0.15, 0.2) is 22.7 Å². The van der Waals surface area contributed by atoms with E-state index in [-0.39, 0.29) is 10.6 Å². The van der Waals surface area contributed by atoms with E-state index in [4.69, 9.17) is 0 Å². The summed E-state index contributed by atoms with van der Waals surface area (Å²) in [5.41, 5.74) is 0.885. The van der Waals surface area contributed by atoms with Crippen molar-refractivity contribution in [2.45, 2.75) is 19.8 Å². The Bertz CT molecular complexity index is 475. The molecular weight excluding hydrogens is 322 g/mol. The Labute approximate surface area is 127 Å². The van der Waals surface area contributed by atoms with Crippen molar-refractivity contribution in [1.29, 1.82) is 0 Å². The van der Waals surface area contributed by atoms with Crippen molar-refractivity contribution in [3.8, 4) is 0 Å². The number of nitro benzene ring substituents is 1. The summed E-state index contributed by atoms with van der Waals surface area (Å²) in [7, 11) is 0. The van der Waals surface area contributed by atoms with Crippen LogP contribution in [0.2, 0.25) is 0 Å². The molecule has 1 saturated heterocycles. The van der Waals surface area contributed by atoms with Crippen LogP contribution in [-0.2, 0) is 0 Å². The average molecular weight is 342 g/mol. The lowest BCUT2D eigenvalue weighted by Gasteiger charge is -2.30. The van der Waals surface area contributed by atoms with Crippen LogP contribution in [0, 0.1) is 16.0 Å². The predicted molar refractivity (Wildman–Crippen MR) is 84.3 cm³/mol. The molecule has 0 aliphatic carbocycles. The first-order chi connectivity index (χ1) is 9.61. The molecule has 0 saturated carbocycles. The van der Waals surface area contributed by atoms with Gasteiger partial charge in [-0.2, -0.15) is 0 Å². The van der Waals surface area contributed by atoms with Crippen molar-refractivity contribution in [3.05, 3.63) is 32.8 Å². The average Bonchev–Trinajstić information content (AvgIpc) is 2.45. The van der Waals surface area contributed by atoms with Gasteiger partial charge in [-0.25, -0.2) is 0 Å². The molecule has 1 aromatic rings. The highest BCUT2D eigenvalue weighted by Gasteiger charge is 2.22. The molecule has 0 spiro atoms. The Balaban J connectivity index is 2.21. The molecular formula is C14H20BrN3O2. The minimum Gasteiger partial charge on any atom is -0.366 e. The molecule has 1 aliphatic heterocycles. The first-order valence-electron chi connectivity index (χ1n) is 7.01. The normalized spacial score (nSPS) is 18.8. The fourth-order valence-corrected chi connectivity index (χ4v) is 3.04. The third-order valence-electron chi connectivity index (χ3n) is 3.73. The number of hydrogen-bond donors (Lipinski definition) is 1. The van der Waals surface area contributed by atoms with Crippen molar-refractivity contribution in [2.24, 2.45) is 5.92 Å². The topological polar surface area (TPSA) is 58.4 Å². The van der Waals surface area contributed by atoms with E-state index in [0.29, 0.717) is 11.6 Å². The fraction of sp³-hybridized carbons (Fsp3) is 0.571. The minimum absolute atomic E-state index is 0.179. The van der Waals surface area contributed by atoms with E-state index in [9.17, 15) is 10.1 Å². The third kappa shape index (κ3) is 3.70. The van der Waals surface area contributed by atoms with E-state index >= 15 is 0 Å². The smallest absolute Gasteiger partial charge is 0.292 e. The van der Waals surface area contributed by atoms with E-state index in [0.717, 1.165) is 30.7 Å². The van der Waals surface area contributed by atoms with E-state index < -0.39 is 0 Å². The number of nitrogens with one attached hydrogen (secondary N) is 1. The Morgan fingerprint density at radius 2 is 2.35 bits per heavy atom. The lowest BCUT2D eigenvalue weighted by atomic mass is 9.98. The zero-order valence-corrected chi connectivity index (χ0v) is 13.2. The van der Waals surface area contributed by atoms with Crippen LogP contribution in [0.4, 0.5) is 11.4 Å². The van der Waals surface area contributed by atoms with Gasteiger partial charge in [-0.3, -0.25) is 10.1 Å². The van der Waals surface area contributed by atoms with Crippen LogP contribution in [-0.4, -0.2) is 31.1 Å². The SMILES string of the molecule is CCN(CC1CCCNC1)c1cc(Br)ccc1[N+](=O)[O-]. The van der Waals surface area contributed by atoms with Crippen molar-refractivity contribution in [3.63, 3.8) is 0 Å². The Morgan fingerprint density at radius 3 is 2.95 bits per heavy atom. The van der Waals surface area contributed by atoms with Crippen LogP contribution in [0.1, 0.15) is 19.8 Å². The maximum Gasteiger partial charge on any atom is 0.292 e. The first kappa shape index (κ1) is 15.3. The number of halogens is 1. The molecule has 0 bridgehead atoms. The van der Waals surface area contributed by atoms with Gasteiger partial charge in [0.2, 0.25) is 0 Å². The van der Waals surface area contributed by atoms with Gasteiger partial charge in [0.15, 0.2) is 0 Å². The minimum atomic E-state index is -0.302. The van der Waals surface area contributed by atoms with Crippen LogP contribution < -0.4 is 10.2 Å². The quantitative estimate of drug-likeness (QED) is 0.660. The fourth-order valence-electron chi connectivity index (χ4n) is 2.69. The Morgan fingerprint density at radius 1 is 1.55 bits per heavy atom. The summed E-state index contributed by atoms with van der Waals surface area (Å²) in [6.07, 6.45) is 2.37. The lowest BCUT2D eigenvalue weighted by molar-refractivity contribution is -0.384. The standard InChI is InChI=1S/C14H20BrN3O2/c1-2-17(10-11-4-3-7-16-9-11)14-8-12(15)5-6-13(14)18(19)20/h5-6,8,11,16H,2-4,7,9-10H2,1H3. The van der Waals surface area contributed by atoms with E-state index in [1.165, 1.54) is 12.8 Å². The Hall–Kier alpha value is -1.14. The van der Waals surface area contributed by atoms with Gasteiger partial charge in [-0.05, 0) is 50.9 Å². The number of nitrogens with zero attached hydrogens (tertiary/aromatic N) is 2. The number of benzene rings is 1. The summed E-state index contributed by atoms with van der Waals surface area (Å²) < 4.78 is 0.873. The summed E-state index contributed by atoms with van der Waals surface area (Å²) in [4.78, 5) is 13.0. The van der Waals surface area contributed by atoms with Crippen molar-refractivity contribution < 1.29 is 4.92 Å². The van der Waals surface area contributed by atoms with Gasteiger partial charge < -0.3 is 10.2 Å². The maximum absolute atomic E-state index is 11.2. The molecule has 1 unspecified atom stereocenters. The first-order valence-corrected chi connectivity index (χ1v) is 7.80. The number of anilines is 1. The number of piperidine rings is 1. The molecule has 1 fully saturated rings. The second kappa shape index (κ2) is 7.04. The molecule has 2 rings (SSSR count). The molecule has 6 heteroatoms. The summed E-state index contributed by atoms with van der Waals surface area (Å²) in [5.74, 6) is 0.558. The van der Waals surface area contributed by atoms with Gasteiger partial charge in [-0.1, -0.05) is 15.9 Å². The van der Waals surface area contributed by atoms with Crippen LogP contribution >= 0.6 is 15.9 Å². The molecule has 0 radical (unpaired) electrons. The third-order valence-corrected chi connectivity index (χ3v) is 4.23. The summed E-state index contributed by atoms with van der Waals surface area (Å²) in [5, 5.41) is 14.6. The van der Waals surface area contributed by atoms with Crippen molar-refractivity contribution in [1.82, 2.24) is 5.32 Å². The van der Waals surface area contributed by atoms with Gasteiger partial charge in [0.1, 0.15) is 5.69 Å². The van der Waals surface area contributed by atoms with Crippen molar-refractivity contribution in [2.75, 3.05) is 31.1 Å². The molecule has 1 aliphatic rings. The van der Waals surface area contributed by atoms with Gasteiger partial charge in [0.25, 0.3) is 5.69 Å². The van der Waals surface area contributed by atoms with Crippen LogP contribution in [0.5, 0.6) is 0 Å². The molecule has 5 nitrogen and oxygen atoms in total. The van der Waals surface area contributed by atoms with E-state index in [1.54, 1.807) is 12.1 Å². The summed E-state index contributed by atoms with van der Waals surface area (Å²) in [6, 6.07) is 5.14. The van der Waals surface area contributed by atoms with E-state index in [1.807, 2.05) is 13.0 Å². The number of hydrogen-bond acceptors (Lipinski definition) is 4. The van der Waals surface area contributed by atoms with Gasteiger partial charge >= 0.3 is 0 Å². The zero-order chi connectivity index (χ0) is 14.5. The lowest BCUT2D eigenvalue weighted by Crippen LogP contribution is -2.38. The van der Waals surface area contributed by atoms with E-state index in [2.05, 4.69) is 26.1 Å². The highest BCUT2D eigenvalue weighted by molar-refractivity contribution is 9.10. The van der Waals surface area contributed by atoms with Crippen molar-refractivity contribution >= 4 is 27.3 Å². The van der Waals surface area contributed by atoms with Crippen LogP contribution in [0.3, 0.4) is 0 Å². The van der Waals surface area contributed by atoms with Gasteiger partial charge in [-0.15, -0.1) is 0 Å². The second-order valence-corrected chi connectivity index (χ2v) is 6.06. The molecule has 1 atom stereocenters. The van der Waals surface area contributed by atoms with Gasteiger partial charge in [0.05, 0.1) is 4.92 Å². The monoisotopic (exact) mass is 341 g/mol.